The van der Waals surface area contributed by atoms with Crippen molar-refractivity contribution in [3.63, 3.8) is 0 Å². The van der Waals surface area contributed by atoms with E-state index in [1.54, 1.807) is 36.5 Å². The van der Waals surface area contributed by atoms with Gasteiger partial charge in [-0.2, -0.15) is 0 Å². The molecular formula is C17H14ClN3O3S. The van der Waals surface area contributed by atoms with Crippen molar-refractivity contribution >= 4 is 44.1 Å². The van der Waals surface area contributed by atoms with Crippen LogP contribution in [0.5, 0.6) is 0 Å². The average molecular weight is 376 g/mol. The largest absolute Gasteiger partial charge is 0.323 e. The van der Waals surface area contributed by atoms with Crippen LogP contribution in [0.3, 0.4) is 0 Å². The van der Waals surface area contributed by atoms with Crippen molar-refractivity contribution in [3.8, 4) is 0 Å². The summed E-state index contributed by atoms with van der Waals surface area (Å²) in [6.07, 6.45) is 1.62. The van der Waals surface area contributed by atoms with Crippen molar-refractivity contribution < 1.29 is 13.2 Å². The molecule has 0 saturated carbocycles. The van der Waals surface area contributed by atoms with Crippen molar-refractivity contribution in [2.75, 3.05) is 11.9 Å². The standard InChI is InChI=1S/C17H14ClN3O3S/c18-13-7-1-2-9-15(13)25(23,24)20-11-16(22)21-14-8-3-5-12-6-4-10-19-17(12)14/h1-10,20H,11H2,(H,21,22). The number of nitrogens with zero attached hydrogens (tertiary/aromatic N) is 1. The minimum atomic E-state index is -3.88. The minimum Gasteiger partial charge on any atom is -0.323 e. The summed E-state index contributed by atoms with van der Waals surface area (Å²) in [6, 6.07) is 15.1. The number of nitrogens with one attached hydrogen (secondary N) is 2. The van der Waals surface area contributed by atoms with E-state index < -0.39 is 22.5 Å². The van der Waals surface area contributed by atoms with Gasteiger partial charge >= 0.3 is 0 Å². The van der Waals surface area contributed by atoms with Crippen molar-refractivity contribution in [1.29, 1.82) is 0 Å². The molecule has 25 heavy (non-hydrogen) atoms. The molecule has 0 aliphatic heterocycles. The number of aromatic nitrogens is 1. The molecule has 0 fully saturated rings. The molecule has 2 N–H and O–H groups in total. The van der Waals surface area contributed by atoms with E-state index in [1.807, 2.05) is 12.1 Å². The monoisotopic (exact) mass is 375 g/mol. The molecule has 3 rings (SSSR count). The molecule has 1 amide bonds. The number of pyridine rings is 1. The Kier molecular flexibility index (Phi) is 4.98. The van der Waals surface area contributed by atoms with Crippen LogP contribution in [-0.4, -0.2) is 25.9 Å². The lowest BCUT2D eigenvalue weighted by Crippen LogP contribution is -2.33. The molecule has 0 saturated heterocycles. The Hall–Kier alpha value is -2.48. The fourth-order valence-corrected chi connectivity index (χ4v) is 3.80. The third kappa shape index (κ3) is 3.96. The molecule has 0 radical (unpaired) electrons. The molecule has 0 atom stereocenters. The van der Waals surface area contributed by atoms with Gasteiger partial charge in [0.05, 0.1) is 22.8 Å². The molecule has 0 aliphatic rings. The number of sulfonamides is 1. The highest BCUT2D eigenvalue weighted by Crippen LogP contribution is 2.21. The number of halogens is 1. The van der Waals surface area contributed by atoms with Crippen LogP contribution in [0.2, 0.25) is 5.02 Å². The molecule has 6 nitrogen and oxygen atoms in total. The molecule has 8 heteroatoms. The second-order valence-electron chi connectivity index (χ2n) is 5.18. The minimum absolute atomic E-state index is 0.0729. The van der Waals surface area contributed by atoms with E-state index in [0.29, 0.717) is 11.2 Å². The first-order valence-electron chi connectivity index (χ1n) is 7.35. The lowest BCUT2D eigenvalue weighted by atomic mass is 10.2. The number of benzene rings is 2. The van der Waals surface area contributed by atoms with E-state index in [-0.39, 0.29) is 9.92 Å². The van der Waals surface area contributed by atoms with Gasteiger partial charge in [-0.25, -0.2) is 13.1 Å². The highest BCUT2D eigenvalue weighted by Gasteiger charge is 2.18. The summed E-state index contributed by atoms with van der Waals surface area (Å²) in [5.41, 5.74) is 1.15. The first-order chi connectivity index (χ1) is 12.0. The van der Waals surface area contributed by atoms with Gasteiger partial charge in [0, 0.05) is 11.6 Å². The van der Waals surface area contributed by atoms with Gasteiger partial charge in [-0.1, -0.05) is 41.9 Å². The predicted molar refractivity (Wildman–Crippen MR) is 97.0 cm³/mol. The van der Waals surface area contributed by atoms with E-state index in [1.165, 1.54) is 12.1 Å². The maximum Gasteiger partial charge on any atom is 0.242 e. The second kappa shape index (κ2) is 7.18. The SMILES string of the molecule is O=C(CNS(=O)(=O)c1ccccc1Cl)Nc1cccc2cccnc12. The molecule has 128 valence electrons. The van der Waals surface area contributed by atoms with E-state index in [0.717, 1.165) is 5.39 Å². The molecule has 2 aromatic carbocycles. The number of amides is 1. The number of anilines is 1. The van der Waals surface area contributed by atoms with Crippen molar-refractivity contribution in [2.24, 2.45) is 0 Å². The number of para-hydroxylation sites is 1. The number of carbonyl (C=O) groups is 1. The zero-order valence-corrected chi connectivity index (χ0v) is 14.5. The van der Waals surface area contributed by atoms with E-state index in [2.05, 4.69) is 15.0 Å². The number of hydrogen-bond donors (Lipinski definition) is 2. The third-order valence-corrected chi connectivity index (χ3v) is 5.36. The zero-order chi connectivity index (χ0) is 17.9. The van der Waals surface area contributed by atoms with Crippen LogP contribution in [0.25, 0.3) is 10.9 Å². The summed E-state index contributed by atoms with van der Waals surface area (Å²) in [7, 11) is -3.88. The number of fused-ring (bicyclic) bond motifs is 1. The third-order valence-electron chi connectivity index (χ3n) is 3.46. The predicted octanol–water partition coefficient (Wildman–Crippen LogP) is 2.81. The van der Waals surface area contributed by atoms with Crippen LogP contribution in [0.1, 0.15) is 0 Å². The van der Waals surface area contributed by atoms with Gasteiger partial charge < -0.3 is 5.32 Å². The molecule has 1 aromatic heterocycles. The number of carbonyl (C=O) groups excluding carboxylic acids is 1. The Bertz CT molecular complexity index is 1030. The quantitative estimate of drug-likeness (QED) is 0.717. The van der Waals surface area contributed by atoms with E-state index in [4.69, 9.17) is 11.6 Å². The summed E-state index contributed by atoms with van der Waals surface area (Å²) in [6.45, 7) is -0.420. The lowest BCUT2D eigenvalue weighted by Gasteiger charge is -2.10. The fourth-order valence-electron chi connectivity index (χ4n) is 2.30. The summed E-state index contributed by atoms with van der Waals surface area (Å²) < 4.78 is 26.7. The van der Waals surface area contributed by atoms with Crippen LogP contribution < -0.4 is 10.0 Å². The topological polar surface area (TPSA) is 88.2 Å². The summed E-state index contributed by atoms with van der Waals surface area (Å²) in [4.78, 5) is 16.3. The molecule has 3 aromatic rings. The summed E-state index contributed by atoms with van der Waals surface area (Å²) in [5.74, 6) is -0.506. The molecule has 0 aliphatic carbocycles. The van der Waals surface area contributed by atoms with Crippen LogP contribution in [-0.2, 0) is 14.8 Å². The van der Waals surface area contributed by atoms with E-state index in [9.17, 15) is 13.2 Å². The second-order valence-corrected chi connectivity index (χ2v) is 7.33. The molecule has 0 bridgehead atoms. The highest BCUT2D eigenvalue weighted by molar-refractivity contribution is 7.89. The first kappa shape index (κ1) is 17.3. The Labute approximate surface area is 149 Å². The zero-order valence-electron chi connectivity index (χ0n) is 12.9. The Morgan fingerprint density at radius 1 is 1.04 bits per heavy atom. The smallest absolute Gasteiger partial charge is 0.242 e. The summed E-state index contributed by atoms with van der Waals surface area (Å²) >= 11 is 5.89. The van der Waals surface area contributed by atoms with Gasteiger partial charge in [-0.15, -0.1) is 0 Å². The molecule has 0 spiro atoms. The molecule has 1 heterocycles. The molecular weight excluding hydrogens is 362 g/mol. The van der Waals surface area contributed by atoms with Gasteiger partial charge in [-0.3, -0.25) is 9.78 Å². The van der Waals surface area contributed by atoms with Crippen LogP contribution in [0, 0.1) is 0 Å². The van der Waals surface area contributed by atoms with Crippen LogP contribution in [0.15, 0.2) is 65.7 Å². The maximum atomic E-state index is 12.2. The van der Waals surface area contributed by atoms with Crippen LogP contribution >= 0.6 is 11.6 Å². The fraction of sp³-hybridized carbons (Fsp3) is 0.0588. The van der Waals surface area contributed by atoms with Gasteiger partial charge in [0.25, 0.3) is 0 Å². The molecule has 0 unspecified atom stereocenters. The van der Waals surface area contributed by atoms with Gasteiger partial charge in [0.1, 0.15) is 4.90 Å². The Morgan fingerprint density at radius 3 is 2.60 bits per heavy atom. The number of rotatable bonds is 5. The highest BCUT2D eigenvalue weighted by atomic mass is 35.5. The normalized spacial score (nSPS) is 11.4. The first-order valence-corrected chi connectivity index (χ1v) is 9.21. The maximum absolute atomic E-state index is 12.2. The van der Waals surface area contributed by atoms with Gasteiger partial charge in [0.2, 0.25) is 15.9 Å². The number of hydrogen-bond acceptors (Lipinski definition) is 4. The van der Waals surface area contributed by atoms with Crippen molar-refractivity contribution in [3.05, 3.63) is 65.8 Å². The Morgan fingerprint density at radius 2 is 1.80 bits per heavy atom. The average Bonchev–Trinajstić information content (AvgIpc) is 2.61. The van der Waals surface area contributed by atoms with Crippen molar-refractivity contribution in [1.82, 2.24) is 9.71 Å². The Balaban J connectivity index is 1.72. The van der Waals surface area contributed by atoms with Crippen molar-refractivity contribution in [2.45, 2.75) is 4.90 Å². The van der Waals surface area contributed by atoms with Gasteiger partial charge in [-0.05, 0) is 24.3 Å². The summed E-state index contributed by atoms with van der Waals surface area (Å²) in [5, 5.41) is 3.63. The van der Waals surface area contributed by atoms with Crippen LogP contribution in [0.4, 0.5) is 5.69 Å². The van der Waals surface area contributed by atoms with Gasteiger partial charge in [0.15, 0.2) is 0 Å². The lowest BCUT2D eigenvalue weighted by molar-refractivity contribution is -0.115. The van der Waals surface area contributed by atoms with E-state index >= 15 is 0 Å².